The summed E-state index contributed by atoms with van der Waals surface area (Å²) in [7, 11) is 0. The minimum atomic E-state index is -0.412. The van der Waals surface area contributed by atoms with Crippen molar-refractivity contribution in [3.8, 4) is 0 Å². The van der Waals surface area contributed by atoms with Gasteiger partial charge in [0.2, 0.25) is 5.91 Å². The number of amides is 1. The van der Waals surface area contributed by atoms with E-state index in [9.17, 15) is 9.59 Å². The van der Waals surface area contributed by atoms with Crippen molar-refractivity contribution in [2.45, 2.75) is 31.8 Å². The molecular weight excluding hydrogens is 228 g/mol. The summed E-state index contributed by atoms with van der Waals surface area (Å²) in [6.45, 7) is 1.51. The van der Waals surface area contributed by atoms with Crippen molar-refractivity contribution in [1.82, 2.24) is 4.90 Å². The van der Waals surface area contributed by atoms with Gasteiger partial charge in [0, 0.05) is 12.1 Å². The van der Waals surface area contributed by atoms with Gasteiger partial charge in [0.15, 0.2) is 0 Å². The molecule has 0 spiro atoms. The molecule has 1 amide bonds. The quantitative estimate of drug-likeness (QED) is 0.815. The van der Waals surface area contributed by atoms with Gasteiger partial charge >= 0.3 is 0 Å². The van der Waals surface area contributed by atoms with Gasteiger partial charge in [-0.25, -0.2) is 0 Å². The SMILES string of the molecule is NC(=O)c1ccccc1CN1CCCCC1C=O. The first-order valence-corrected chi connectivity index (χ1v) is 6.29. The standard InChI is InChI=1S/C14H18N2O2/c15-14(18)13-7-2-1-5-11(13)9-16-8-4-3-6-12(16)10-17/h1-2,5,7,10,12H,3-4,6,8-9H2,(H2,15,18). The van der Waals surface area contributed by atoms with Crippen LogP contribution in [0.15, 0.2) is 24.3 Å². The van der Waals surface area contributed by atoms with Crippen LogP contribution >= 0.6 is 0 Å². The van der Waals surface area contributed by atoms with Crippen molar-refractivity contribution in [2.24, 2.45) is 5.73 Å². The molecule has 0 saturated carbocycles. The molecule has 1 aliphatic heterocycles. The molecule has 0 aliphatic carbocycles. The number of likely N-dealkylation sites (tertiary alicyclic amines) is 1. The lowest BCUT2D eigenvalue weighted by molar-refractivity contribution is -0.113. The average molecular weight is 246 g/mol. The summed E-state index contributed by atoms with van der Waals surface area (Å²) in [5.74, 6) is -0.412. The van der Waals surface area contributed by atoms with Crippen LogP contribution in [0.2, 0.25) is 0 Å². The highest BCUT2D eigenvalue weighted by Gasteiger charge is 2.22. The number of nitrogens with two attached hydrogens (primary N) is 1. The van der Waals surface area contributed by atoms with Crippen LogP contribution in [0.25, 0.3) is 0 Å². The first-order chi connectivity index (χ1) is 8.72. The van der Waals surface area contributed by atoms with Gasteiger partial charge in [-0.2, -0.15) is 0 Å². The number of rotatable bonds is 4. The second kappa shape index (κ2) is 5.78. The number of hydrogen-bond donors (Lipinski definition) is 1. The van der Waals surface area contributed by atoms with Crippen LogP contribution in [0.5, 0.6) is 0 Å². The number of nitrogens with zero attached hydrogens (tertiary/aromatic N) is 1. The fraction of sp³-hybridized carbons (Fsp3) is 0.429. The minimum Gasteiger partial charge on any atom is -0.366 e. The van der Waals surface area contributed by atoms with Gasteiger partial charge in [0.1, 0.15) is 6.29 Å². The molecule has 18 heavy (non-hydrogen) atoms. The van der Waals surface area contributed by atoms with Gasteiger partial charge in [-0.15, -0.1) is 0 Å². The van der Waals surface area contributed by atoms with Crippen molar-refractivity contribution < 1.29 is 9.59 Å². The number of hydrogen-bond acceptors (Lipinski definition) is 3. The van der Waals surface area contributed by atoms with E-state index in [0.29, 0.717) is 12.1 Å². The monoisotopic (exact) mass is 246 g/mol. The van der Waals surface area contributed by atoms with Gasteiger partial charge < -0.3 is 10.5 Å². The Hall–Kier alpha value is -1.68. The van der Waals surface area contributed by atoms with Crippen molar-refractivity contribution in [2.75, 3.05) is 6.54 Å². The summed E-state index contributed by atoms with van der Waals surface area (Å²) in [6, 6.07) is 7.30. The third-order valence-electron chi connectivity index (χ3n) is 3.48. The lowest BCUT2D eigenvalue weighted by Crippen LogP contribution is -2.40. The smallest absolute Gasteiger partial charge is 0.249 e. The minimum absolute atomic E-state index is 0.0281. The van der Waals surface area contributed by atoms with Gasteiger partial charge in [-0.05, 0) is 31.0 Å². The molecule has 1 saturated heterocycles. The van der Waals surface area contributed by atoms with E-state index in [0.717, 1.165) is 37.7 Å². The first-order valence-electron chi connectivity index (χ1n) is 6.29. The van der Waals surface area contributed by atoms with E-state index < -0.39 is 5.91 Å². The Morgan fingerprint density at radius 2 is 2.17 bits per heavy atom. The molecule has 1 atom stereocenters. The highest BCUT2D eigenvalue weighted by atomic mass is 16.1. The number of benzene rings is 1. The number of primary amides is 1. The lowest BCUT2D eigenvalue weighted by Gasteiger charge is -2.32. The Bertz CT molecular complexity index is 445. The van der Waals surface area contributed by atoms with E-state index in [1.165, 1.54) is 0 Å². The zero-order chi connectivity index (χ0) is 13.0. The molecule has 1 aromatic carbocycles. The largest absolute Gasteiger partial charge is 0.366 e. The second-order valence-electron chi connectivity index (χ2n) is 4.69. The topological polar surface area (TPSA) is 63.4 Å². The molecule has 2 rings (SSSR count). The zero-order valence-corrected chi connectivity index (χ0v) is 10.3. The molecule has 1 fully saturated rings. The van der Waals surface area contributed by atoms with Crippen molar-refractivity contribution >= 4 is 12.2 Å². The summed E-state index contributed by atoms with van der Waals surface area (Å²) in [5.41, 5.74) is 6.81. The molecule has 1 unspecified atom stereocenters. The van der Waals surface area contributed by atoms with Gasteiger partial charge in [0.25, 0.3) is 0 Å². The van der Waals surface area contributed by atoms with Crippen molar-refractivity contribution in [3.63, 3.8) is 0 Å². The molecule has 4 heteroatoms. The van der Waals surface area contributed by atoms with Gasteiger partial charge in [0.05, 0.1) is 6.04 Å². The lowest BCUT2D eigenvalue weighted by atomic mass is 10.0. The molecule has 96 valence electrons. The number of aldehydes is 1. The maximum Gasteiger partial charge on any atom is 0.249 e. The Labute approximate surface area is 107 Å². The maximum atomic E-state index is 11.3. The Balaban J connectivity index is 2.17. The molecule has 0 bridgehead atoms. The summed E-state index contributed by atoms with van der Waals surface area (Å²) in [6.07, 6.45) is 4.11. The van der Waals surface area contributed by atoms with Gasteiger partial charge in [-0.3, -0.25) is 9.69 Å². The van der Waals surface area contributed by atoms with Crippen molar-refractivity contribution in [3.05, 3.63) is 35.4 Å². The van der Waals surface area contributed by atoms with Crippen LogP contribution < -0.4 is 5.73 Å². The average Bonchev–Trinajstić information content (AvgIpc) is 2.40. The van der Waals surface area contributed by atoms with E-state index in [4.69, 9.17) is 5.73 Å². The first kappa shape index (κ1) is 12.8. The molecule has 1 aliphatic rings. The number of piperidine rings is 1. The van der Waals surface area contributed by atoms with Gasteiger partial charge in [-0.1, -0.05) is 24.6 Å². The highest BCUT2D eigenvalue weighted by Crippen LogP contribution is 2.19. The third kappa shape index (κ3) is 2.76. The summed E-state index contributed by atoms with van der Waals surface area (Å²) in [5, 5.41) is 0. The van der Waals surface area contributed by atoms with Crippen LogP contribution in [0.1, 0.15) is 35.2 Å². The highest BCUT2D eigenvalue weighted by molar-refractivity contribution is 5.94. The van der Waals surface area contributed by atoms with E-state index in [2.05, 4.69) is 4.90 Å². The van der Waals surface area contributed by atoms with Crippen LogP contribution in [0.3, 0.4) is 0 Å². The van der Waals surface area contributed by atoms with Crippen LogP contribution in [0.4, 0.5) is 0 Å². The van der Waals surface area contributed by atoms with E-state index in [1.54, 1.807) is 12.1 Å². The molecule has 4 nitrogen and oxygen atoms in total. The molecule has 1 aromatic rings. The summed E-state index contributed by atoms with van der Waals surface area (Å²) >= 11 is 0. The Morgan fingerprint density at radius 1 is 1.39 bits per heavy atom. The fourth-order valence-corrected chi connectivity index (χ4v) is 2.48. The van der Waals surface area contributed by atoms with Crippen molar-refractivity contribution in [1.29, 1.82) is 0 Å². The van der Waals surface area contributed by atoms with E-state index in [-0.39, 0.29) is 6.04 Å². The Morgan fingerprint density at radius 3 is 2.89 bits per heavy atom. The predicted molar refractivity (Wildman–Crippen MR) is 69.1 cm³/mol. The molecule has 2 N–H and O–H groups in total. The molecule has 1 heterocycles. The fourth-order valence-electron chi connectivity index (χ4n) is 2.48. The zero-order valence-electron chi connectivity index (χ0n) is 10.3. The van der Waals surface area contributed by atoms with E-state index in [1.807, 2.05) is 12.1 Å². The summed E-state index contributed by atoms with van der Waals surface area (Å²) in [4.78, 5) is 24.5. The van der Waals surface area contributed by atoms with Crippen LogP contribution in [-0.4, -0.2) is 29.7 Å². The van der Waals surface area contributed by atoms with Crippen LogP contribution in [0, 0.1) is 0 Å². The number of carbonyl (C=O) groups excluding carboxylic acids is 2. The number of carbonyl (C=O) groups is 2. The maximum absolute atomic E-state index is 11.3. The molecule has 0 radical (unpaired) electrons. The Kier molecular flexibility index (Phi) is 4.10. The predicted octanol–water partition coefficient (Wildman–Crippen LogP) is 1.34. The second-order valence-corrected chi connectivity index (χ2v) is 4.69. The normalized spacial score (nSPS) is 20.6. The molecular formula is C14H18N2O2. The third-order valence-corrected chi connectivity index (χ3v) is 3.48. The molecule has 0 aromatic heterocycles. The summed E-state index contributed by atoms with van der Waals surface area (Å²) < 4.78 is 0. The van der Waals surface area contributed by atoms with Crippen LogP contribution in [-0.2, 0) is 11.3 Å². The van der Waals surface area contributed by atoms with E-state index >= 15 is 0 Å².